The van der Waals surface area contributed by atoms with Crippen LogP contribution in [0.15, 0.2) is 0 Å². The van der Waals surface area contributed by atoms with Crippen molar-refractivity contribution in [2.45, 2.75) is 13.3 Å². The molecular formula is C3H8Na2O2. The molecule has 0 aliphatic rings. The largest absolute Gasteiger partial charge is 1.00 e. The molecule has 0 unspecified atom stereocenters. The van der Waals surface area contributed by atoms with E-state index in [1.807, 2.05) is 6.92 Å². The van der Waals surface area contributed by atoms with Crippen LogP contribution in [0.3, 0.4) is 0 Å². The van der Waals surface area contributed by atoms with Gasteiger partial charge in [-0.1, -0.05) is 13.3 Å². The van der Waals surface area contributed by atoms with Crippen LogP contribution in [-0.4, -0.2) is 12.1 Å². The predicted octanol–water partition coefficient (Wildman–Crippen LogP) is -6.41. The molecule has 0 aromatic carbocycles. The van der Waals surface area contributed by atoms with E-state index in [9.17, 15) is 5.11 Å². The monoisotopic (exact) mass is 122 g/mol. The minimum atomic E-state index is 0. The van der Waals surface area contributed by atoms with E-state index >= 15 is 0 Å². The Bertz CT molecular complexity index is 12.9. The molecule has 0 heterocycles. The van der Waals surface area contributed by atoms with E-state index < -0.39 is 0 Å². The summed E-state index contributed by atoms with van der Waals surface area (Å²) in [5.41, 5.74) is 0. The first-order chi connectivity index (χ1) is 1.91. The molecule has 0 saturated carbocycles. The predicted molar refractivity (Wildman–Crippen MR) is 17.1 cm³/mol. The van der Waals surface area contributed by atoms with Gasteiger partial charge in [0, 0.05) is 0 Å². The van der Waals surface area contributed by atoms with Gasteiger partial charge in [-0.05, 0) is 0 Å². The normalized spacial score (nSPS) is 4.29. The quantitative estimate of drug-likeness (QED) is 0.325. The smallest absolute Gasteiger partial charge is 0.870 e. The molecule has 34 valence electrons. The summed E-state index contributed by atoms with van der Waals surface area (Å²) in [6, 6.07) is 0. The molecular weight excluding hydrogens is 114 g/mol. The van der Waals surface area contributed by atoms with Gasteiger partial charge >= 0.3 is 59.1 Å². The van der Waals surface area contributed by atoms with Crippen LogP contribution in [-0.2, 0) is 0 Å². The van der Waals surface area contributed by atoms with E-state index in [0.29, 0.717) is 0 Å². The fraction of sp³-hybridized carbons (Fsp3) is 1.00. The van der Waals surface area contributed by atoms with E-state index in [2.05, 4.69) is 0 Å². The second-order valence-electron chi connectivity index (χ2n) is 0.704. The van der Waals surface area contributed by atoms with Gasteiger partial charge < -0.3 is 10.6 Å². The van der Waals surface area contributed by atoms with Crippen LogP contribution in [0.2, 0.25) is 0 Å². The van der Waals surface area contributed by atoms with Crippen molar-refractivity contribution in [2.24, 2.45) is 0 Å². The van der Waals surface area contributed by atoms with Crippen LogP contribution in [0.1, 0.15) is 13.3 Å². The molecule has 0 radical (unpaired) electrons. The van der Waals surface area contributed by atoms with Gasteiger partial charge in [0.25, 0.3) is 0 Å². The Kier molecular flexibility index (Phi) is 81.5. The molecule has 0 fully saturated rings. The maximum atomic E-state index is 9.30. The molecule has 0 aliphatic heterocycles. The average Bonchev–Trinajstić information content (AvgIpc) is 1.37. The minimum Gasteiger partial charge on any atom is -0.870 e. The summed E-state index contributed by atoms with van der Waals surface area (Å²) in [6.45, 7) is 1.94. The van der Waals surface area contributed by atoms with Gasteiger partial charge in [0.15, 0.2) is 0 Å². The van der Waals surface area contributed by atoms with Gasteiger partial charge in [-0.2, -0.15) is 0 Å². The topological polar surface area (TPSA) is 53.1 Å². The minimum absolute atomic E-state index is 0. The van der Waals surface area contributed by atoms with E-state index in [1.165, 1.54) is 0 Å². The second kappa shape index (κ2) is 24.7. The van der Waals surface area contributed by atoms with Crippen molar-refractivity contribution in [1.29, 1.82) is 0 Å². The second-order valence-corrected chi connectivity index (χ2v) is 0.704. The zero-order valence-electron chi connectivity index (χ0n) is 5.27. The van der Waals surface area contributed by atoms with Crippen molar-refractivity contribution in [3.63, 3.8) is 0 Å². The first kappa shape index (κ1) is 23.1. The molecule has 0 aliphatic carbocycles. The first-order valence-electron chi connectivity index (χ1n) is 1.50. The fourth-order valence-electron chi connectivity index (χ4n) is 0. The number of rotatable bonds is 1. The molecule has 0 spiro atoms. The maximum Gasteiger partial charge on any atom is 1.00 e. The first-order valence-corrected chi connectivity index (χ1v) is 1.50. The van der Waals surface area contributed by atoms with Crippen molar-refractivity contribution in [3.05, 3.63) is 0 Å². The molecule has 0 atom stereocenters. The Morgan fingerprint density at radius 2 is 1.43 bits per heavy atom. The van der Waals surface area contributed by atoms with Crippen molar-refractivity contribution in [3.8, 4) is 0 Å². The zero-order valence-corrected chi connectivity index (χ0v) is 9.27. The summed E-state index contributed by atoms with van der Waals surface area (Å²) < 4.78 is 0. The summed E-state index contributed by atoms with van der Waals surface area (Å²) in [4.78, 5) is 0. The van der Waals surface area contributed by atoms with Gasteiger partial charge in [-0.3, -0.25) is 0 Å². The maximum absolute atomic E-state index is 9.30. The van der Waals surface area contributed by atoms with E-state index in [-0.39, 0.29) is 71.2 Å². The van der Waals surface area contributed by atoms with E-state index in [1.54, 1.807) is 0 Å². The Labute approximate surface area is 88.6 Å². The summed E-state index contributed by atoms with van der Waals surface area (Å²) in [5, 5.41) is 9.30. The molecule has 0 rings (SSSR count). The van der Waals surface area contributed by atoms with Crippen molar-refractivity contribution < 1.29 is 69.7 Å². The summed E-state index contributed by atoms with van der Waals surface area (Å²) in [6.07, 6.45) is 0.764. The molecule has 0 aromatic heterocycles. The zero-order chi connectivity index (χ0) is 3.41. The van der Waals surface area contributed by atoms with E-state index in [0.717, 1.165) is 6.42 Å². The Morgan fingerprint density at radius 3 is 1.43 bits per heavy atom. The van der Waals surface area contributed by atoms with Crippen LogP contribution < -0.4 is 64.2 Å². The standard InChI is InChI=1S/C3H7O.2Na.H2O/c1-2-3-4;;;/h2-3H2,1H3;;;1H2/q-1;2*+1;/p-1. The molecule has 7 heavy (non-hydrogen) atoms. The average molecular weight is 122 g/mol. The van der Waals surface area contributed by atoms with Crippen LogP contribution in [0, 0.1) is 0 Å². The van der Waals surface area contributed by atoms with E-state index in [4.69, 9.17) is 0 Å². The third kappa shape index (κ3) is 32.6. The third-order valence-electron chi connectivity index (χ3n) is 0.204. The number of hydrogen-bond acceptors (Lipinski definition) is 2. The molecule has 2 nitrogen and oxygen atoms in total. The van der Waals surface area contributed by atoms with Gasteiger partial charge in [-0.25, -0.2) is 0 Å². The van der Waals surface area contributed by atoms with Crippen molar-refractivity contribution in [2.75, 3.05) is 6.61 Å². The summed E-state index contributed by atoms with van der Waals surface area (Å²) in [7, 11) is 0. The molecule has 0 aromatic rings. The molecule has 1 N–H and O–H groups in total. The van der Waals surface area contributed by atoms with Crippen LogP contribution in [0.25, 0.3) is 0 Å². The molecule has 0 amide bonds. The van der Waals surface area contributed by atoms with Gasteiger partial charge in [-0.15, -0.1) is 6.61 Å². The number of hydrogen-bond donors (Lipinski definition) is 0. The third-order valence-corrected chi connectivity index (χ3v) is 0.204. The fourth-order valence-corrected chi connectivity index (χ4v) is 0. The molecule has 4 heteroatoms. The van der Waals surface area contributed by atoms with Gasteiger partial charge in [0.2, 0.25) is 0 Å². The summed E-state index contributed by atoms with van der Waals surface area (Å²) >= 11 is 0. The van der Waals surface area contributed by atoms with Crippen molar-refractivity contribution >= 4 is 0 Å². The van der Waals surface area contributed by atoms with Gasteiger partial charge in [0.1, 0.15) is 0 Å². The Balaban J connectivity index is -0.0000000150. The molecule has 0 bridgehead atoms. The summed E-state index contributed by atoms with van der Waals surface area (Å²) in [5.74, 6) is 0. The Hall–Kier alpha value is 1.92. The van der Waals surface area contributed by atoms with Crippen LogP contribution in [0.5, 0.6) is 0 Å². The Morgan fingerprint density at radius 1 is 1.29 bits per heavy atom. The van der Waals surface area contributed by atoms with Gasteiger partial charge in [0.05, 0.1) is 0 Å². The molecule has 0 saturated heterocycles. The van der Waals surface area contributed by atoms with Crippen LogP contribution >= 0.6 is 0 Å². The van der Waals surface area contributed by atoms with Crippen LogP contribution in [0.4, 0.5) is 0 Å². The SMILES string of the molecule is CCC[O-].[Na+].[Na+].[OH-]. The van der Waals surface area contributed by atoms with Crippen molar-refractivity contribution in [1.82, 2.24) is 0 Å².